The first-order valence-electron chi connectivity index (χ1n) is 7.01. The largest absolute Gasteiger partial charge is 0.398 e. The van der Waals surface area contributed by atoms with Crippen molar-refractivity contribution in [3.8, 4) is 0 Å². The number of nitrogen functional groups attached to an aromatic ring is 1. The van der Waals surface area contributed by atoms with Gasteiger partial charge in [-0.25, -0.2) is 0 Å². The van der Waals surface area contributed by atoms with Crippen molar-refractivity contribution in [2.24, 2.45) is 0 Å². The lowest BCUT2D eigenvalue weighted by atomic mass is 9.98. The van der Waals surface area contributed by atoms with Gasteiger partial charge in [0.25, 0.3) is 0 Å². The summed E-state index contributed by atoms with van der Waals surface area (Å²) in [4.78, 5) is 0. The lowest BCUT2D eigenvalue weighted by molar-refractivity contribution is 0.607. The quantitative estimate of drug-likeness (QED) is 0.532. The van der Waals surface area contributed by atoms with Crippen molar-refractivity contribution in [3.63, 3.8) is 0 Å². The summed E-state index contributed by atoms with van der Waals surface area (Å²) in [5.74, 6) is 0. The standard InChI is InChI=1S/C16H27N/c1-4-5-6-7-8-9-10-15-12-11-13(2)16(17)14(15)3/h11-12H,4-10,17H2,1-3H3. The SMILES string of the molecule is CCCCCCCCc1ccc(C)c(N)c1C. The van der Waals surface area contributed by atoms with Crippen molar-refractivity contribution in [3.05, 3.63) is 28.8 Å². The molecule has 0 amide bonds. The number of unbranched alkanes of at least 4 members (excludes halogenated alkanes) is 5. The van der Waals surface area contributed by atoms with E-state index in [9.17, 15) is 0 Å². The van der Waals surface area contributed by atoms with Gasteiger partial charge in [0.05, 0.1) is 0 Å². The molecule has 0 radical (unpaired) electrons. The Labute approximate surface area is 106 Å². The van der Waals surface area contributed by atoms with Gasteiger partial charge in [-0.15, -0.1) is 0 Å². The highest BCUT2D eigenvalue weighted by molar-refractivity contribution is 5.55. The van der Waals surface area contributed by atoms with Crippen LogP contribution in [0.3, 0.4) is 0 Å². The van der Waals surface area contributed by atoms with Gasteiger partial charge in [0.2, 0.25) is 0 Å². The van der Waals surface area contributed by atoms with E-state index in [-0.39, 0.29) is 0 Å². The molecule has 1 rings (SSSR count). The molecule has 1 nitrogen and oxygen atoms in total. The van der Waals surface area contributed by atoms with Gasteiger partial charge in [-0.1, -0.05) is 51.2 Å². The lowest BCUT2D eigenvalue weighted by Crippen LogP contribution is -1.98. The average Bonchev–Trinajstić information content (AvgIpc) is 2.33. The number of aryl methyl sites for hydroxylation is 2. The number of nitrogens with two attached hydrogens (primary N) is 1. The van der Waals surface area contributed by atoms with E-state index in [0.29, 0.717) is 0 Å². The van der Waals surface area contributed by atoms with E-state index in [1.165, 1.54) is 61.6 Å². The minimum atomic E-state index is 0.980. The van der Waals surface area contributed by atoms with Crippen molar-refractivity contribution in [2.45, 2.75) is 65.7 Å². The molecule has 0 saturated heterocycles. The van der Waals surface area contributed by atoms with Crippen LogP contribution in [-0.2, 0) is 6.42 Å². The number of hydrogen-bond acceptors (Lipinski definition) is 1. The molecule has 0 saturated carbocycles. The molecule has 0 spiro atoms. The second-order valence-corrected chi connectivity index (χ2v) is 5.10. The predicted octanol–water partition coefficient (Wildman–Crippen LogP) is 4.79. The van der Waals surface area contributed by atoms with Crippen LogP contribution in [0.2, 0.25) is 0 Å². The fourth-order valence-electron chi connectivity index (χ4n) is 2.28. The summed E-state index contributed by atoms with van der Waals surface area (Å²) in [6, 6.07) is 4.39. The van der Waals surface area contributed by atoms with Crippen molar-refractivity contribution in [1.29, 1.82) is 0 Å². The minimum absolute atomic E-state index is 0.980. The maximum absolute atomic E-state index is 6.05. The summed E-state index contributed by atoms with van der Waals surface area (Å²) in [5, 5.41) is 0. The van der Waals surface area contributed by atoms with Gasteiger partial charge >= 0.3 is 0 Å². The zero-order valence-corrected chi connectivity index (χ0v) is 11.7. The topological polar surface area (TPSA) is 26.0 Å². The number of benzene rings is 1. The molecule has 0 aliphatic rings. The Hall–Kier alpha value is -0.980. The second kappa shape index (κ2) is 7.37. The molecule has 1 aromatic rings. The minimum Gasteiger partial charge on any atom is -0.398 e. The molecule has 0 atom stereocenters. The molecular formula is C16H27N. The maximum atomic E-state index is 6.05. The first-order chi connectivity index (χ1) is 8.16. The highest BCUT2D eigenvalue weighted by Gasteiger charge is 2.03. The van der Waals surface area contributed by atoms with E-state index in [1.54, 1.807) is 0 Å². The first-order valence-corrected chi connectivity index (χ1v) is 7.01. The Morgan fingerprint density at radius 1 is 0.941 bits per heavy atom. The van der Waals surface area contributed by atoms with Crippen LogP contribution in [0.1, 0.15) is 62.1 Å². The Morgan fingerprint density at radius 2 is 1.59 bits per heavy atom. The molecule has 2 N–H and O–H groups in total. The Kier molecular flexibility index (Phi) is 6.10. The number of hydrogen-bond donors (Lipinski definition) is 1. The summed E-state index contributed by atoms with van der Waals surface area (Å²) in [5.41, 5.74) is 11.0. The van der Waals surface area contributed by atoms with Gasteiger partial charge in [-0.3, -0.25) is 0 Å². The van der Waals surface area contributed by atoms with E-state index in [2.05, 4.69) is 32.9 Å². The predicted molar refractivity (Wildman–Crippen MR) is 77.4 cm³/mol. The highest BCUT2D eigenvalue weighted by atomic mass is 14.6. The third-order valence-corrected chi connectivity index (χ3v) is 3.64. The third kappa shape index (κ3) is 4.41. The Morgan fingerprint density at radius 3 is 2.29 bits per heavy atom. The van der Waals surface area contributed by atoms with Crippen LogP contribution in [0.25, 0.3) is 0 Å². The maximum Gasteiger partial charge on any atom is 0.0376 e. The monoisotopic (exact) mass is 233 g/mol. The summed E-state index contributed by atoms with van der Waals surface area (Å²) < 4.78 is 0. The first kappa shape index (κ1) is 14.1. The fraction of sp³-hybridized carbons (Fsp3) is 0.625. The molecule has 0 heterocycles. The second-order valence-electron chi connectivity index (χ2n) is 5.10. The highest BCUT2D eigenvalue weighted by Crippen LogP contribution is 2.22. The van der Waals surface area contributed by atoms with E-state index < -0.39 is 0 Å². The van der Waals surface area contributed by atoms with Crippen LogP contribution in [0.15, 0.2) is 12.1 Å². The molecule has 0 bridgehead atoms. The summed E-state index contributed by atoms with van der Waals surface area (Å²) in [6.07, 6.45) is 9.33. The molecule has 0 aromatic heterocycles. The van der Waals surface area contributed by atoms with Crippen LogP contribution in [-0.4, -0.2) is 0 Å². The fourth-order valence-corrected chi connectivity index (χ4v) is 2.28. The van der Waals surface area contributed by atoms with Crippen LogP contribution >= 0.6 is 0 Å². The van der Waals surface area contributed by atoms with Crippen molar-refractivity contribution < 1.29 is 0 Å². The molecule has 0 unspecified atom stereocenters. The summed E-state index contributed by atoms with van der Waals surface area (Å²) in [7, 11) is 0. The van der Waals surface area contributed by atoms with Gasteiger partial charge in [-0.05, 0) is 43.4 Å². The molecule has 1 heteroatoms. The summed E-state index contributed by atoms with van der Waals surface area (Å²) >= 11 is 0. The van der Waals surface area contributed by atoms with E-state index in [1.807, 2.05) is 0 Å². The summed E-state index contributed by atoms with van der Waals surface area (Å²) in [6.45, 7) is 6.49. The Bertz CT molecular complexity index is 342. The van der Waals surface area contributed by atoms with Crippen molar-refractivity contribution >= 4 is 5.69 Å². The molecule has 1 aromatic carbocycles. The molecule has 0 aliphatic carbocycles. The van der Waals surface area contributed by atoms with E-state index in [0.717, 1.165) is 5.69 Å². The molecular weight excluding hydrogens is 206 g/mol. The van der Waals surface area contributed by atoms with Crippen LogP contribution in [0.5, 0.6) is 0 Å². The van der Waals surface area contributed by atoms with Crippen LogP contribution in [0, 0.1) is 13.8 Å². The molecule has 0 fully saturated rings. The number of anilines is 1. The van der Waals surface area contributed by atoms with Gasteiger partial charge in [0.15, 0.2) is 0 Å². The van der Waals surface area contributed by atoms with Crippen molar-refractivity contribution in [2.75, 3.05) is 5.73 Å². The van der Waals surface area contributed by atoms with Crippen LogP contribution < -0.4 is 5.73 Å². The van der Waals surface area contributed by atoms with Crippen molar-refractivity contribution in [1.82, 2.24) is 0 Å². The smallest absolute Gasteiger partial charge is 0.0376 e. The van der Waals surface area contributed by atoms with Crippen LogP contribution in [0.4, 0.5) is 5.69 Å². The van der Waals surface area contributed by atoms with Gasteiger partial charge in [-0.2, -0.15) is 0 Å². The molecule has 0 aliphatic heterocycles. The zero-order chi connectivity index (χ0) is 12.7. The third-order valence-electron chi connectivity index (χ3n) is 3.64. The van der Waals surface area contributed by atoms with Gasteiger partial charge in [0.1, 0.15) is 0 Å². The molecule has 96 valence electrons. The normalized spacial score (nSPS) is 10.8. The van der Waals surface area contributed by atoms with E-state index >= 15 is 0 Å². The Balaban J connectivity index is 2.35. The average molecular weight is 233 g/mol. The zero-order valence-electron chi connectivity index (χ0n) is 11.7. The molecule has 17 heavy (non-hydrogen) atoms. The van der Waals surface area contributed by atoms with Gasteiger partial charge < -0.3 is 5.73 Å². The van der Waals surface area contributed by atoms with Gasteiger partial charge in [0, 0.05) is 5.69 Å². The lowest BCUT2D eigenvalue weighted by Gasteiger charge is -2.10. The van der Waals surface area contributed by atoms with E-state index in [4.69, 9.17) is 5.73 Å². The number of rotatable bonds is 7.